The average molecular weight is 419 g/mol. The van der Waals surface area contributed by atoms with Crippen molar-refractivity contribution in [3.05, 3.63) is 54.7 Å². The van der Waals surface area contributed by atoms with E-state index in [9.17, 15) is 4.79 Å². The summed E-state index contributed by atoms with van der Waals surface area (Å²) in [6.07, 6.45) is 5.44. The highest BCUT2D eigenvalue weighted by molar-refractivity contribution is 5.89. The van der Waals surface area contributed by atoms with Gasteiger partial charge in [-0.05, 0) is 29.7 Å². The smallest absolute Gasteiger partial charge is 0.415 e. The molecule has 0 aliphatic carbocycles. The van der Waals surface area contributed by atoms with Crippen molar-refractivity contribution in [2.45, 2.75) is 26.3 Å². The van der Waals surface area contributed by atoms with Gasteiger partial charge in [0.2, 0.25) is 5.95 Å². The molecule has 1 atom stereocenters. The second kappa shape index (κ2) is 8.95. The molecule has 2 aromatic heterocycles. The van der Waals surface area contributed by atoms with Gasteiger partial charge in [-0.2, -0.15) is 4.98 Å². The minimum absolute atomic E-state index is 0.0397. The van der Waals surface area contributed by atoms with Crippen LogP contribution in [-0.2, 0) is 11.2 Å². The summed E-state index contributed by atoms with van der Waals surface area (Å²) in [7, 11) is 0. The summed E-state index contributed by atoms with van der Waals surface area (Å²) >= 11 is 0. The van der Waals surface area contributed by atoms with Crippen LogP contribution in [0.25, 0.3) is 11.1 Å². The lowest BCUT2D eigenvalue weighted by Gasteiger charge is -2.23. The molecule has 9 heteroatoms. The number of anilines is 3. The molecule has 1 fully saturated rings. The summed E-state index contributed by atoms with van der Waals surface area (Å²) in [5, 5.41) is 3.17. The molecule has 3 N–H and O–H groups in total. The Morgan fingerprint density at radius 2 is 2.00 bits per heavy atom. The molecule has 0 spiro atoms. The number of ether oxygens (including phenoxy) is 1. The number of carbonyl (C=O) groups excluding carboxylic acids is 1. The normalized spacial score (nSPS) is 15.9. The number of nitrogens with zero attached hydrogens (tertiary/aromatic N) is 5. The Balaban J connectivity index is 1.37. The summed E-state index contributed by atoms with van der Waals surface area (Å²) in [5.74, 6) is 1.93. The van der Waals surface area contributed by atoms with Gasteiger partial charge in [0, 0.05) is 42.8 Å². The van der Waals surface area contributed by atoms with Crippen LogP contribution in [-0.4, -0.2) is 45.2 Å². The maximum absolute atomic E-state index is 12.1. The fraction of sp³-hybridized carbons (Fsp3) is 0.318. The van der Waals surface area contributed by atoms with E-state index in [0.29, 0.717) is 42.9 Å². The summed E-state index contributed by atoms with van der Waals surface area (Å²) < 4.78 is 5.20. The largest absolute Gasteiger partial charge is 0.447 e. The van der Waals surface area contributed by atoms with Crippen LogP contribution in [0.4, 0.5) is 22.2 Å². The number of nitrogens with one attached hydrogen (secondary N) is 1. The van der Waals surface area contributed by atoms with E-state index in [1.165, 1.54) is 0 Å². The van der Waals surface area contributed by atoms with E-state index in [4.69, 9.17) is 10.5 Å². The molecule has 1 aliphatic rings. The summed E-state index contributed by atoms with van der Waals surface area (Å²) in [6, 6.07) is 9.29. The zero-order valence-corrected chi connectivity index (χ0v) is 17.5. The monoisotopic (exact) mass is 419 g/mol. The number of hydrogen-bond donors (Lipinski definition) is 2. The first-order chi connectivity index (χ1) is 15.0. The number of amides is 1. The first kappa shape index (κ1) is 20.5. The van der Waals surface area contributed by atoms with Gasteiger partial charge < -0.3 is 15.8 Å². The van der Waals surface area contributed by atoms with Crippen molar-refractivity contribution in [1.29, 1.82) is 0 Å². The van der Waals surface area contributed by atoms with Crippen LogP contribution in [0.3, 0.4) is 0 Å². The van der Waals surface area contributed by atoms with Gasteiger partial charge in [-0.3, -0.25) is 4.90 Å². The number of aromatic nitrogens is 4. The molecule has 0 radical (unpaired) electrons. The Morgan fingerprint density at radius 1 is 1.19 bits per heavy atom. The lowest BCUT2D eigenvalue weighted by Crippen LogP contribution is -2.37. The van der Waals surface area contributed by atoms with Crippen LogP contribution < -0.4 is 16.0 Å². The van der Waals surface area contributed by atoms with E-state index < -0.39 is 0 Å². The Kier molecular flexibility index (Phi) is 5.92. The standard InChI is InChI=1S/C22H25N7O2/c1-14(2)18-13-31-22(30)29(18)20-7-9-25-21(28-20)24-8-6-19-26-11-16(12-27-19)15-4-3-5-17(23)10-15/h3-5,7,9-12,14,18H,6,8,13,23H2,1-2H3,(H,24,25,28)/t18-/m1/s1. The molecule has 3 heterocycles. The van der Waals surface area contributed by atoms with Crippen molar-refractivity contribution in [3.8, 4) is 11.1 Å². The van der Waals surface area contributed by atoms with E-state index >= 15 is 0 Å². The minimum atomic E-state index is -0.378. The van der Waals surface area contributed by atoms with Crippen LogP contribution in [0.15, 0.2) is 48.9 Å². The van der Waals surface area contributed by atoms with Crippen LogP contribution in [0.2, 0.25) is 0 Å². The quantitative estimate of drug-likeness (QED) is 0.561. The van der Waals surface area contributed by atoms with Gasteiger partial charge in [0.05, 0.1) is 6.04 Å². The summed E-state index contributed by atoms with van der Waals surface area (Å²) in [4.78, 5) is 31.3. The van der Waals surface area contributed by atoms with Crippen molar-refractivity contribution < 1.29 is 9.53 Å². The lowest BCUT2D eigenvalue weighted by molar-refractivity contribution is 0.177. The van der Waals surface area contributed by atoms with Crippen molar-refractivity contribution in [2.75, 3.05) is 29.1 Å². The molecule has 0 unspecified atom stereocenters. The molecule has 160 valence electrons. The predicted octanol–water partition coefficient (Wildman–Crippen LogP) is 3.15. The maximum atomic E-state index is 12.1. The second-order valence-electron chi connectivity index (χ2n) is 7.69. The van der Waals surface area contributed by atoms with Crippen LogP contribution >= 0.6 is 0 Å². The number of benzene rings is 1. The van der Waals surface area contributed by atoms with E-state index in [-0.39, 0.29) is 18.1 Å². The Morgan fingerprint density at radius 3 is 2.74 bits per heavy atom. The SMILES string of the molecule is CC(C)[C@H]1COC(=O)N1c1ccnc(NCCc2ncc(-c3cccc(N)c3)cn2)n1. The predicted molar refractivity (Wildman–Crippen MR) is 119 cm³/mol. The zero-order valence-electron chi connectivity index (χ0n) is 17.5. The van der Waals surface area contributed by atoms with Gasteiger partial charge in [0.15, 0.2) is 0 Å². The van der Waals surface area contributed by atoms with Crippen LogP contribution in [0.5, 0.6) is 0 Å². The average Bonchev–Trinajstić information content (AvgIpc) is 3.16. The van der Waals surface area contributed by atoms with Gasteiger partial charge in [-0.15, -0.1) is 0 Å². The molecule has 9 nitrogen and oxygen atoms in total. The molecule has 0 saturated carbocycles. The van der Waals surface area contributed by atoms with Crippen molar-refractivity contribution in [1.82, 2.24) is 19.9 Å². The maximum Gasteiger partial charge on any atom is 0.415 e. The van der Waals surface area contributed by atoms with Crippen LogP contribution in [0, 0.1) is 5.92 Å². The third-order valence-corrected chi connectivity index (χ3v) is 5.12. The topological polar surface area (TPSA) is 119 Å². The number of rotatable bonds is 7. The molecular weight excluding hydrogens is 394 g/mol. The van der Waals surface area contributed by atoms with E-state index in [0.717, 1.165) is 11.1 Å². The van der Waals surface area contributed by atoms with E-state index in [1.54, 1.807) is 29.6 Å². The highest BCUT2D eigenvalue weighted by Crippen LogP contribution is 2.26. The van der Waals surface area contributed by atoms with E-state index in [2.05, 4.69) is 39.1 Å². The van der Waals surface area contributed by atoms with Gasteiger partial charge in [0.1, 0.15) is 18.2 Å². The van der Waals surface area contributed by atoms with Gasteiger partial charge >= 0.3 is 6.09 Å². The first-order valence-electron chi connectivity index (χ1n) is 10.2. The highest BCUT2D eigenvalue weighted by atomic mass is 16.6. The fourth-order valence-corrected chi connectivity index (χ4v) is 3.40. The van der Waals surface area contributed by atoms with E-state index in [1.807, 2.05) is 24.3 Å². The third-order valence-electron chi connectivity index (χ3n) is 5.12. The molecule has 0 bridgehead atoms. The number of carbonyl (C=O) groups is 1. The summed E-state index contributed by atoms with van der Waals surface area (Å²) in [5.41, 5.74) is 8.44. The molecule has 3 aromatic rings. The number of nitrogen functional groups attached to an aromatic ring is 1. The van der Waals surface area contributed by atoms with Gasteiger partial charge in [-0.25, -0.2) is 19.7 Å². The molecule has 1 aromatic carbocycles. The van der Waals surface area contributed by atoms with Crippen LogP contribution in [0.1, 0.15) is 19.7 Å². The molecule has 4 rings (SSSR count). The zero-order chi connectivity index (χ0) is 21.8. The third kappa shape index (κ3) is 4.71. The highest BCUT2D eigenvalue weighted by Gasteiger charge is 2.37. The Labute approximate surface area is 180 Å². The Hall–Kier alpha value is -3.75. The second-order valence-corrected chi connectivity index (χ2v) is 7.69. The lowest BCUT2D eigenvalue weighted by atomic mass is 10.0. The first-order valence-corrected chi connectivity index (χ1v) is 10.2. The van der Waals surface area contributed by atoms with Crippen molar-refractivity contribution >= 4 is 23.5 Å². The minimum Gasteiger partial charge on any atom is -0.447 e. The molecule has 1 saturated heterocycles. The molecule has 1 aliphatic heterocycles. The number of cyclic esters (lactones) is 1. The molecule has 31 heavy (non-hydrogen) atoms. The molecule has 1 amide bonds. The van der Waals surface area contributed by atoms with Gasteiger partial charge in [-0.1, -0.05) is 26.0 Å². The number of nitrogens with two attached hydrogens (primary N) is 1. The fourth-order valence-electron chi connectivity index (χ4n) is 3.40. The van der Waals surface area contributed by atoms with Gasteiger partial charge in [0.25, 0.3) is 0 Å². The van der Waals surface area contributed by atoms with Crippen molar-refractivity contribution in [3.63, 3.8) is 0 Å². The van der Waals surface area contributed by atoms with Crippen molar-refractivity contribution in [2.24, 2.45) is 5.92 Å². The molecular formula is C22H25N7O2. The summed E-state index contributed by atoms with van der Waals surface area (Å²) in [6.45, 7) is 5.03. The number of hydrogen-bond acceptors (Lipinski definition) is 8. The Bertz CT molecular complexity index is 1060.